The molecule has 0 unspecified atom stereocenters. The first-order chi connectivity index (χ1) is 10.9. The molecule has 0 fully saturated rings. The molecular weight excluding hydrogens is 314 g/mol. The SMILES string of the molecule is CC(C)S(=O)(=O)c1ccccc1C(=O)N1CCc2[nH]ncc2C1. The summed E-state index contributed by atoms with van der Waals surface area (Å²) in [5, 5.41) is 6.34. The van der Waals surface area contributed by atoms with Gasteiger partial charge in [0, 0.05) is 30.8 Å². The second kappa shape index (κ2) is 5.81. The van der Waals surface area contributed by atoms with Crippen LogP contribution in [0.1, 0.15) is 35.5 Å². The van der Waals surface area contributed by atoms with E-state index in [2.05, 4.69) is 10.2 Å². The van der Waals surface area contributed by atoms with Crippen LogP contribution in [0.25, 0.3) is 0 Å². The summed E-state index contributed by atoms with van der Waals surface area (Å²) in [5.74, 6) is -0.253. The molecule has 2 heterocycles. The minimum Gasteiger partial charge on any atom is -0.334 e. The quantitative estimate of drug-likeness (QED) is 0.928. The Morgan fingerprint density at radius 3 is 2.78 bits per heavy atom. The molecule has 23 heavy (non-hydrogen) atoms. The monoisotopic (exact) mass is 333 g/mol. The molecule has 1 N–H and O–H groups in total. The normalized spacial score (nSPS) is 14.8. The van der Waals surface area contributed by atoms with Crippen molar-refractivity contribution in [1.29, 1.82) is 0 Å². The third-order valence-electron chi connectivity index (χ3n) is 4.13. The maximum Gasteiger partial charge on any atom is 0.255 e. The summed E-state index contributed by atoms with van der Waals surface area (Å²) in [7, 11) is -3.51. The van der Waals surface area contributed by atoms with Crippen molar-refractivity contribution >= 4 is 15.7 Å². The molecule has 3 rings (SSSR count). The van der Waals surface area contributed by atoms with Gasteiger partial charge in [-0.15, -0.1) is 0 Å². The van der Waals surface area contributed by atoms with E-state index in [-0.39, 0.29) is 16.4 Å². The van der Waals surface area contributed by atoms with Crippen LogP contribution < -0.4 is 0 Å². The lowest BCUT2D eigenvalue weighted by atomic mass is 10.1. The Bertz CT molecular complexity index is 840. The van der Waals surface area contributed by atoms with Crippen LogP contribution in [0.15, 0.2) is 35.4 Å². The number of carbonyl (C=O) groups excluding carboxylic acids is 1. The van der Waals surface area contributed by atoms with Crippen molar-refractivity contribution in [2.75, 3.05) is 6.54 Å². The number of carbonyl (C=O) groups is 1. The number of aromatic amines is 1. The van der Waals surface area contributed by atoms with Crippen molar-refractivity contribution in [3.63, 3.8) is 0 Å². The summed E-state index contributed by atoms with van der Waals surface area (Å²) < 4.78 is 25.0. The highest BCUT2D eigenvalue weighted by Gasteiger charge is 2.29. The van der Waals surface area contributed by atoms with Gasteiger partial charge in [-0.05, 0) is 26.0 Å². The Kier molecular flexibility index (Phi) is 3.97. The summed E-state index contributed by atoms with van der Waals surface area (Å²) >= 11 is 0. The fourth-order valence-corrected chi connectivity index (χ4v) is 3.95. The number of hydrogen-bond donors (Lipinski definition) is 1. The molecule has 1 aromatic heterocycles. The van der Waals surface area contributed by atoms with Crippen molar-refractivity contribution in [2.45, 2.75) is 37.0 Å². The molecule has 122 valence electrons. The van der Waals surface area contributed by atoms with E-state index < -0.39 is 15.1 Å². The minimum absolute atomic E-state index is 0.109. The van der Waals surface area contributed by atoms with Gasteiger partial charge in [0.15, 0.2) is 9.84 Å². The lowest BCUT2D eigenvalue weighted by molar-refractivity contribution is 0.0730. The van der Waals surface area contributed by atoms with Crippen molar-refractivity contribution < 1.29 is 13.2 Å². The molecule has 0 saturated carbocycles. The smallest absolute Gasteiger partial charge is 0.255 e. The number of fused-ring (bicyclic) bond motifs is 1. The maximum absolute atomic E-state index is 12.9. The molecule has 1 aliphatic heterocycles. The van der Waals surface area contributed by atoms with Gasteiger partial charge in [-0.2, -0.15) is 5.10 Å². The highest BCUT2D eigenvalue weighted by atomic mass is 32.2. The fourth-order valence-electron chi connectivity index (χ4n) is 2.71. The predicted octanol–water partition coefficient (Wildman–Crippen LogP) is 1.79. The Morgan fingerprint density at radius 2 is 2.04 bits per heavy atom. The van der Waals surface area contributed by atoms with Gasteiger partial charge in [0.05, 0.1) is 21.9 Å². The minimum atomic E-state index is -3.51. The van der Waals surface area contributed by atoms with Crippen LogP contribution in [0.5, 0.6) is 0 Å². The lowest BCUT2D eigenvalue weighted by Gasteiger charge is -2.27. The molecule has 2 aromatic rings. The van der Waals surface area contributed by atoms with Gasteiger partial charge in [-0.1, -0.05) is 12.1 Å². The van der Waals surface area contributed by atoms with E-state index in [9.17, 15) is 13.2 Å². The first-order valence-electron chi connectivity index (χ1n) is 7.54. The molecule has 0 bridgehead atoms. The predicted molar refractivity (Wildman–Crippen MR) is 85.8 cm³/mol. The van der Waals surface area contributed by atoms with E-state index in [1.54, 1.807) is 43.1 Å². The summed E-state index contributed by atoms with van der Waals surface area (Å²) in [6, 6.07) is 6.44. The molecule has 1 aromatic carbocycles. The molecule has 1 aliphatic rings. The van der Waals surface area contributed by atoms with E-state index in [0.29, 0.717) is 19.5 Å². The molecule has 0 aliphatic carbocycles. The van der Waals surface area contributed by atoms with E-state index in [4.69, 9.17) is 0 Å². The first-order valence-corrected chi connectivity index (χ1v) is 9.09. The van der Waals surface area contributed by atoms with Gasteiger partial charge < -0.3 is 4.90 Å². The van der Waals surface area contributed by atoms with Crippen LogP contribution in [0.2, 0.25) is 0 Å². The molecule has 0 radical (unpaired) electrons. The highest BCUT2D eigenvalue weighted by Crippen LogP contribution is 2.24. The number of H-pyrrole nitrogens is 1. The summed E-state index contributed by atoms with van der Waals surface area (Å²) in [5.41, 5.74) is 2.26. The van der Waals surface area contributed by atoms with Crippen molar-refractivity contribution in [3.8, 4) is 0 Å². The number of hydrogen-bond acceptors (Lipinski definition) is 4. The van der Waals surface area contributed by atoms with E-state index in [1.165, 1.54) is 6.07 Å². The average molecular weight is 333 g/mol. The van der Waals surface area contributed by atoms with Crippen LogP contribution in [0.3, 0.4) is 0 Å². The van der Waals surface area contributed by atoms with Gasteiger partial charge in [-0.25, -0.2) is 8.42 Å². The molecule has 0 saturated heterocycles. The number of nitrogens with zero attached hydrogens (tertiary/aromatic N) is 2. The van der Waals surface area contributed by atoms with Crippen LogP contribution in [0, 0.1) is 0 Å². The summed E-state index contributed by atoms with van der Waals surface area (Å²) in [6.45, 7) is 4.23. The first kappa shape index (κ1) is 15.7. The summed E-state index contributed by atoms with van der Waals surface area (Å²) in [4.78, 5) is 14.6. The third-order valence-corrected chi connectivity index (χ3v) is 6.34. The van der Waals surface area contributed by atoms with E-state index >= 15 is 0 Å². The number of sulfone groups is 1. The van der Waals surface area contributed by atoms with Gasteiger partial charge in [0.25, 0.3) is 5.91 Å². The topological polar surface area (TPSA) is 83.1 Å². The molecule has 7 heteroatoms. The van der Waals surface area contributed by atoms with Crippen molar-refractivity contribution in [3.05, 3.63) is 47.3 Å². The number of rotatable bonds is 3. The molecule has 6 nitrogen and oxygen atoms in total. The van der Waals surface area contributed by atoms with Crippen LogP contribution >= 0.6 is 0 Å². The third kappa shape index (κ3) is 2.76. The van der Waals surface area contributed by atoms with Crippen LogP contribution in [-0.4, -0.2) is 41.2 Å². The van der Waals surface area contributed by atoms with E-state index in [0.717, 1.165) is 11.3 Å². The zero-order valence-electron chi connectivity index (χ0n) is 13.1. The Balaban J connectivity index is 1.96. The lowest BCUT2D eigenvalue weighted by Crippen LogP contribution is -2.36. The Labute approximate surface area is 135 Å². The van der Waals surface area contributed by atoms with Crippen LogP contribution in [0.4, 0.5) is 0 Å². The molecule has 0 atom stereocenters. The molecule has 1 amide bonds. The van der Waals surface area contributed by atoms with Crippen molar-refractivity contribution in [2.24, 2.45) is 0 Å². The highest BCUT2D eigenvalue weighted by molar-refractivity contribution is 7.92. The number of amides is 1. The number of benzene rings is 1. The zero-order chi connectivity index (χ0) is 16.6. The number of aromatic nitrogens is 2. The van der Waals surface area contributed by atoms with Gasteiger partial charge in [0.2, 0.25) is 0 Å². The zero-order valence-corrected chi connectivity index (χ0v) is 13.9. The number of nitrogens with one attached hydrogen (secondary N) is 1. The second-order valence-electron chi connectivity index (χ2n) is 5.94. The molecule has 0 spiro atoms. The Morgan fingerprint density at radius 1 is 1.30 bits per heavy atom. The standard InChI is InChI=1S/C16H19N3O3S/c1-11(2)23(21,22)15-6-4-3-5-13(15)16(20)19-8-7-14-12(10-19)9-17-18-14/h3-6,9,11H,7-8,10H2,1-2H3,(H,17,18). The van der Waals surface area contributed by atoms with Crippen LogP contribution in [-0.2, 0) is 22.8 Å². The fraction of sp³-hybridized carbons (Fsp3) is 0.375. The largest absolute Gasteiger partial charge is 0.334 e. The van der Waals surface area contributed by atoms with Gasteiger partial charge >= 0.3 is 0 Å². The van der Waals surface area contributed by atoms with E-state index in [1.807, 2.05) is 0 Å². The Hall–Kier alpha value is -2.15. The molecular formula is C16H19N3O3S. The second-order valence-corrected chi connectivity index (χ2v) is 8.41. The summed E-state index contributed by atoms with van der Waals surface area (Å²) in [6.07, 6.45) is 2.41. The van der Waals surface area contributed by atoms with Gasteiger partial charge in [0.1, 0.15) is 0 Å². The van der Waals surface area contributed by atoms with Crippen molar-refractivity contribution in [1.82, 2.24) is 15.1 Å². The average Bonchev–Trinajstić information content (AvgIpc) is 3.01. The van der Waals surface area contributed by atoms with Gasteiger partial charge in [-0.3, -0.25) is 9.89 Å². The maximum atomic E-state index is 12.9.